The average molecular weight is 360 g/mol. The van der Waals surface area contributed by atoms with Gasteiger partial charge in [-0.3, -0.25) is 9.69 Å². The van der Waals surface area contributed by atoms with Gasteiger partial charge in [-0.1, -0.05) is 78.0 Å². The van der Waals surface area contributed by atoms with Gasteiger partial charge in [-0.25, -0.2) is 0 Å². The fraction of sp³-hybridized carbons (Fsp3) is 0.111. The van der Waals surface area contributed by atoms with E-state index in [1.165, 1.54) is 11.8 Å². The lowest BCUT2D eigenvalue weighted by Gasteiger charge is -2.14. The van der Waals surface area contributed by atoms with Crippen molar-refractivity contribution in [3.05, 3.63) is 75.7 Å². The molecular formula is C18H14ClNOS2. The minimum atomic E-state index is -0.0312. The smallest absolute Gasteiger partial charge is 0.266 e. The number of carbonyl (C=O) groups is 1. The molecule has 0 radical (unpaired) electrons. The summed E-state index contributed by atoms with van der Waals surface area (Å²) in [6.07, 6.45) is 0. The molecule has 0 aromatic heterocycles. The fourth-order valence-corrected chi connectivity index (χ4v) is 3.79. The summed E-state index contributed by atoms with van der Waals surface area (Å²) in [7, 11) is 0. The minimum Gasteiger partial charge on any atom is -0.288 e. The predicted octanol–water partition coefficient (Wildman–Crippen LogP) is 5.13. The van der Waals surface area contributed by atoms with Crippen molar-refractivity contribution in [2.75, 3.05) is 0 Å². The molecule has 0 atom stereocenters. The molecule has 116 valence electrons. The number of rotatable bonds is 3. The highest BCUT2D eigenvalue weighted by molar-refractivity contribution is 8.26. The van der Waals surface area contributed by atoms with Gasteiger partial charge < -0.3 is 0 Å². The molecular weight excluding hydrogens is 346 g/mol. The normalized spacial score (nSPS) is 16.9. The monoisotopic (exact) mass is 359 g/mol. The van der Waals surface area contributed by atoms with Gasteiger partial charge in [-0.15, -0.1) is 0 Å². The number of nitrogens with zero attached hydrogens (tertiary/aromatic N) is 1. The molecule has 0 spiro atoms. The molecule has 0 saturated carbocycles. The van der Waals surface area contributed by atoms with E-state index in [2.05, 4.69) is 0 Å². The molecule has 2 nitrogen and oxygen atoms in total. The van der Waals surface area contributed by atoms with Crippen LogP contribution in [-0.2, 0) is 11.3 Å². The van der Waals surface area contributed by atoms with Crippen LogP contribution >= 0.6 is 35.6 Å². The van der Waals surface area contributed by atoms with E-state index in [0.717, 1.165) is 16.7 Å². The Labute approximate surface area is 150 Å². The summed E-state index contributed by atoms with van der Waals surface area (Å²) < 4.78 is 0.599. The predicted molar refractivity (Wildman–Crippen MR) is 101 cm³/mol. The van der Waals surface area contributed by atoms with E-state index >= 15 is 0 Å². The van der Waals surface area contributed by atoms with Crippen LogP contribution in [0, 0.1) is 0 Å². The molecule has 2 aromatic rings. The number of carbonyl (C=O) groups excluding carboxylic acids is 1. The number of thiocarbonyl (C=S) groups is 1. The Bertz CT molecular complexity index is 784. The van der Waals surface area contributed by atoms with Crippen LogP contribution in [-0.4, -0.2) is 15.1 Å². The lowest BCUT2D eigenvalue weighted by molar-refractivity contribution is -0.122. The quantitative estimate of drug-likeness (QED) is 0.559. The van der Waals surface area contributed by atoms with Crippen LogP contribution in [0.25, 0.3) is 5.57 Å². The van der Waals surface area contributed by atoms with Gasteiger partial charge in [-0.05, 0) is 35.8 Å². The van der Waals surface area contributed by atoms with Crippen LogP contribution < -0.4 is 0 Å². The van der Waals surface area contributed by atoms with Crippen LogP contribution in [0.1, 0.15) is 18.1 Å². The lowest BCUT2D eigenvalue weighted by atomic mass is 10.1. The number of benzene rings is 2. The number of allylic oxidation sites excluding steroid dienone is 1. The number of thioether (sulfide) groups is 1. The molecule has 2 aromatic carbocycles. The molecule has 0 N–H and O–H groups in total. The minimum absolute atomic E-state index is 0.0312. The lowest BCUT2D eigenvalue weighted by Crippen LogP contribution is -2.27. The van der Waals surface area contributed by atoms with E-state index in [9.17, 15) is 4.79 Å². The fourth-order valence-electron chi connectivity index (χ4n) is 2.36. The van der Waals surface area contributed by atoms with Gasteiger partial charge in [-0.2, -0.15) is 0 Å². The van der Waals surface area contributed by atoms with Crippen molar-refractivity contribution in [3.63, 3.8) is 0 Å². The number of amides is 1. The topological polar surface area (TPSA) is 20.3 Å². The average Bonchev–Trinajstić information content (AvgIpc) is 2.84. The summed E-state index contributed by atoms with van der Waals surface area (Å²) in [5.74, 6) is -0.0312. The van der Waals surface area contributed by atoms with E-state index in [0.29, 0.717) is 20.8 Å². The zero-order chi connectivity index (χ0) is 16.4. The maximum atomic E-state index is 12.7. The van der Waals surface area contributed by atoms with Gasteiger partial charge in [0.25, 0.3) is 5.91 Å². The number of halogens is 1. The highest BCUT2D eigenvalue weighted by atomic mass is 35.5. The molecule has 1 fully saturated rings. The highest BCUT2D eigenvalue weighted by Crippen LogP contribution is 2.37. The van der Waals surface area contributed by atoms with E-state index in [1.54, 1.807) is 4.90 Å². The third-order valence-electron chi connectivity index (χ3n) is 3.65. The van der Waals surface area contributed by atoms with Crippen LogP contribution in [0.2, 0.25) is 5.02 Å². The van der Waals surface area contributed by atoms with Crippen LogP contribution in [0.15, 0.2) is 59.5 Å². The Kier molecular flexibility index (Phi) is 4.85. The second-order valence-electron chi connectivity index (χ2n) is 5.21. The van der Waals surface area contributed by atoms with E-state index in [4.69, 9.17) is 23.8 Å². The molecule has 1 aliphatic heterocycles. The maximum absolute atomic E-state index is 12.7. The molecule has 0 aliphatic carbocycles. The van der Waals surface area contributed by atoms with Gasteiger partial charge in [0.05, 0.1) is 11.4 Å². The number of hydrogen-bond donors (Lipinski definition) is 0. The van der Waals surface area contributed by atoms with Gasteiger partial charge in [0.15, 0.2) is 0 Å². The summed E-state index contributed by atoms with van der Waals surface area (Å²) >= 11 is 12.7. The molecule has 1 saturated heterocycles. The summed E-state index contributed by atoms with van der Waals surface area (Å²) in [6.45, 7) is 2.45. The summed E-state index contributed by atoms with van der Waals surface area (Å²) in [5, 5.41) is 0.679. The number of hydrogen-bond acceptors (Lipinski definition) is 3. The Morgan fingerprint density at radius 2 is 1.78 bits per heavy atom. The second-order valence-corrected chi connectivity index (χ2v) is 7.29. The Hall–Kier alpha value is -1.62. The zero-order valence-corrected chi connectivity index (χ0v) is 14.8. The Balaban J connectivity index is 1.88. The first kappa shape index (κ1) is 16.2. The molecule has 1 aliphatic rings. The van der Waals surface area contributed by atoms with Gasteiger partial charge >= 0.3 is 0 Å². The van der Waals surface area contributed by atoms with Crippen molar-refractivity contribution in [3.8, 4) is 0 Å². The van der Waals surface area contributed by atoms with Crippen molar-refractivity contribution >= 4 is 51.4 Å². The van der Waals surface area contributed by atoms with Crippen molar-refractivity contribution in [1.82, 2.24) is 4.90 Å². The SMILES string of the molecule is CC(=C1SC(=S)N(Cc2ccccc2)C1=O)c1ccc(Cl)cc1. The molecule has 0 bridgehead atoms. The first-order valence-corrected chi connectivity index (χ1v) is 8.71. The maximum Gasteiger partial charge on any atom is 0.266 e. The molecule has 23 heavy (non-hydrogen) atoms. The molecule has 1 amide bonds. The van der Waals surface area contributed by atoms with E-state index < -0.39 is 0 Å². The standard InChI is InChI=1S/C18H14ClNOS2/c1-12(14-7-9-15(19)10-8-14)16-17(21)20(18(22)23-16)11-13-5-3-2-4-6-13/h2-10H,11H2,1H3. The van der Waals surface area contributed by atoms with Crippen molar-refractivity contribution in [1.29, 1.82) is 0 Å². The van der Waals surface area contributed by atoms with Crippen LogP contribution in [0.3, 0.4) is 0 Å². The molecule has 5 heteroatoms. The van der Waals surface area contributed by atoms with Crippen molar-refractivity contribution < 1.29 is 4.79 Å². The van der Waals surface area contributed by atoms with Crippen LogP contribution in [0.5, 0.6) is 0 Å². The summed E-state index contributed by atoms with van der Waals surface area (Å²) in [6, 6.07) is 17.4. The largest absolute Gasteiger partial charge is 0.288 e. The Morgan fingerprint density at radius 3 is 2.43 bits per heavy atom. The van der Waals surface area contributed by atoms with E-state index in [1.807, 2.05) is 61.5 Å². The van der Waals surface area contributed by atoms with Gasteiger partial charge in [0, 0.05) is 5.02 Å². The first-order valence-electron chi connectivity index (χ1n) is 7.10. The summed E-state index contributed by atoms with van der Waals surface area (Å²) in [5.41, 5.74) is 2.97. The zero-order valence-electron chi connectivity index (χ0n) is 12.5. The molecule has 0 unspecified atom stereocenters. The van der Waals surface area contributed by atoms with Crippen LogP contribution in [0.4, 0.5) is 0 Å². The first-order chi connectivity index (χ1) is 11.1. The third-order valence-corrected chi connectivity index (χ3v) is 5.45. The molecule has 1 heterocycles. The van der Waals surface area contributed by atoms with Gasteiger partial charge in [0.2, 0.25) is 0 Å². The second kappa shape index (κ2) is 6.87. The highest BCUT2D eigenvalue weighted by Gasteiger charge is 2.33. The Morgan fingerprint density at radius 1 is 1.13 bits per heavy atom. The van der Waals surface area contributed by atoms with Crippen molar-refractivity contribution in [2.24, 2.45) is 0 Å². The van der Waals surface area contributed by atoms with Crippen molar-refractivity contribution in [2.45, 2.75) is 13.5 Å². The molecule has 3 rings (SSSR count). The van der Waals surface area contributed by atoms with Gasteiger partial charge in [0.1, 0.15) is 4.32 Å². The van der Waals surface area contributed by atoms with E-state index in [-0.39, 0.29) is 5.91 Å². The third kappa shape index (κ3) is 3.50. The summed E-state index contributed by atoms with van der Waals surface area (Å²) in [4.78, 5) is 15.1.